The highest BCUT2D eigenvalue weighted by atomic mass is 19.4. The van der Waals surface area contributed by atoms with Gasteiger partial charge in [0.2, 0.25) is 12.0 Å². The zero-order valence-electron chi connectivity index (χ0n) is 21.8. The van der Waals surface area contributed by atoms with Crippen LogP contribution in [0.5, 0.6) is 17.5 Å². The standard InChI is InChI=1S/C26H22F6N6O3/c1-38-11-17(25(27,28)29)36-22(38)15-8-6-14(7-9-15)20(26(30,31)32)41-23-16(39-2)10-33-21(37-23)18-19(13-4-5-13)34-12-35-24(18)40-3/h6-13,20H,4-5H2,1-3H3. The van der Waals surface area contributed by atoms with E-state index in [1.54, 1.807) is 0 Å². The topological polar surface area (TPSA) is 97.1 Å². The molecule has 0 bridgehead atoms. The van der Waals surface area contributed by atoms with E-state index in [0.717, 1.165) is 35.7 Å². The monoisotopic (exact) mass is 580 g/mol. The third kappa shape index (κ3) is 5.74. The molecule has 4 aromatic rings. The molecule has 1 aliphatic carbocycles. The van der Waals surface area contributed by atoms with Crippen molar-refractivity contribution < 1.29 is 40.6 Å². The Kier molecular flexibility index (Phi) is 7.21. The predicted octanol–water partition coefficient (Wildman–Crippen LogP) is 5.93. The highest BCUT2D eigenvalue weighted by molar-refractivity contribution is 5.66. The smallest absolute Gasteiger partial charge is 0.434 e. The lowest BCUT2D eigenvalue weighted by molar-refractivity contribution is -0.199. The van der Waals surface area contributed by atoms with Crippen molar-refractivity contribution in [2.75, 3.05) is 14.2 Å². The summed E-state index contributed by atoms with van der Waals surface area (Å²) in [7, 11) is 3.97. The molecule has 3 aromatic heterocycles. The average Bonchev–Trinajstić information content (AvgIpc) is 3.70. The quantitative estimate of drug-likeness (QED) is 0.237. The minimum Gasteiger partial charge on any atom is -0.490 e. The van der Waals surface area contributed by atoms with Crippen molar-refractivity contribution >= 4 is 0 Å². The van der Waals surface area contributed by atoms with Gasteiger partial charge in [-0.25, -0.2) is 19.9 Å². The van der Waals surface area contributed by atoms with Crippen LogP contribution >= 0.6 is 0 Å². The lowest BCUT2D eigenvalue weighted by atomic mass is 10.1. The number of halogens is 6. The first-order valence-corrected chi connectivity index (χ1v) is 12.1. The van der Waals surface area contributed by atoms with E-state index in [4.69, 9.17) is 14.2 Å². The van der Waals surface area contributed by atoms with Gasteiger partial charge in [0.05, 0.1) is 26.1 Å². The summed E-state index contributed by atoms with van der Waals surface area (Å²) in [6.07, 6.45) is -7.04. The normalized spacial score (nSPS) is 14.6. The summed E-state index contributed by atoms with van der Waals surface area (Å²) in [4.78, 5) is 20.4. The lowest BCUT2D eigenvalue weighted by Gasteiger charge is -2.23. The van der Waals surface area contributed by atoms with Crippen LogP contribution in [0.4, 0.5) is 26.3 Å². The summed E-state index contributed by atoms with van der Waals surface area (Å²) in [6, 6.07) is 4.67. The fraction of sp³-hybridized carbons (Fsp3) is 0.346. The zero-order valence-corrected chi connectivity index (χ0v) is 21.8. The molecule has 15 heteroatoms. The summed E-state index contributed by atoms with van der Waals surface area (Å²) in [5.74, 6) is -0.451. The van der Waals surface area contributed by atoms with Gasteiger partial charge in [-0.3, -0.25) is 0 Å². The van der Waals surface area contributed by atoms with Crippen molar-refractivity contribution in [2.24, 2.45) is 7.05 Å². The minimum absolute atomic E-state index is 0.00771. The van der Waals surface area contributed by atoms with Gasteiger partial charge in [0.15, 0.2) is 17.3 Å². The number of rotatable bonds is 8. The van der Waals surface area contributed by atoms with Crippen LogP contribution in [0, 0.1) is 0 Å². The fourth-order valence-electron chi connectivity index (χ4n) is 4.23. The maximum atomic E-state index is 14.3. The van der Waals surface area contributed by atoms with Crippen molar-refractivity contribution in [3.63, 3.8) is 0 Å². The Labute approximate surface area is 229 Å². The molecule has 1 fully saturated rings. The Morgan fingerprint density at radius 2 is 1.61 bits per heavy atom. The van der Waals surface area contributed by atoms with Crippen LogP contribution < -0.4 is 14.2 Å². The van der Waals surface area contributed by atoms with E-state index in [-0.39, 0.29) is 40.3 Å². The van der Waals surface area contributed by atoms with E-state index in [1.807, 2.05) is 0 Å². The molecule has 41 heavy (non-hydrogen) atoms. The van der Waals surface area contributed by atoms with Gasteiger partial charge in [-0.2, -0.15) is 31.3 Å². The summed E-state index contributed by atoms with van der Waals surface area (Å²) in [6.45, 7) is 0. The number of hydrogen-bond donors (Lipinski definition) is 0. The van der Waals surface area contributed by atoms with Gasteiger partial charge in [-0.05, 0) is 12.8 Å². The second kappa shape index (κ2) is 10.5. The Morgan fingerprint density at radius 1 is 0.902 bits per heavy atom. The summed E-state index contributed by atoms with van der Waals surface area (Å²) in [5, 5.41) is 0. The summed E-state index contributed by atoms with van der Waals surface area (Å²) < 4.78 is 99.1. The number of benzene rings is 1. The van der Waals surface area contributed by atoms with Gasteiger partial charge >= 0.3 is 12.4 Å². The first-order valence-electron chi connectivity index (χ1n) is 12.1. The molecule has 0 aliphatic heterocycles. The predicted molar refractivity (Wildman–Crippen MR) is 131 cm³/mol. The molecule has 5 rings (SSSR count). The SMILES string of the molecule is COc1cnc(-c2c(OC)ncnc2C2CC2)nc1OC(c1ccc(-c2nc(C(F)(F)F)cn2C)cc1)C(F)(F)F. The van der Waals surface area contributed by atoms with Gasteiger partial charge in [0.25, 0.3) is 5.88 Å². The third-order valence-corrected chi connectivity index (χ3v) is 6.33. The van der Waals surface area contributed by atoms with Crippen LogP contribution in [-0.2, 0) is 13.2 Å². The average molecular weight is 580 g/mol. The molecule has 0 spiro atoms. The van der Waals surface area contributed by atoms with Crippen LogP contribution in [0.15, 0.2) is 43.0 Å². The number of alkyl halides is 6. The van der Waals surface area contributed by atoms with E-state index >= 15 is 0 Å². The molecule has 216 valence electrons. The van der Waals surface area contributed by atoms with Crippen molar-refractivity contribution in [2.45, 2.75) is 37.2 Å². The van der Waals surface area contributed by atoms with E-state index < -0.39 is 30.0 Å². The second-order valence-corrected chi connectivity index (χ2v) is 9.20. The fourth-order valence-corrected chi connectivity index (χ4v) is 4.23. The van der Waals surface area contributed by atoms with Gasteiger partial charge in [0, 0.05) is 30.3 Å². The highest BCUT2D eigenvalue weighted by Crippen LogP contribution is 2.46. The molecule has 0 amide bonds. The van der Waals surface area contributed by atoms with Crippen molar-refractivity contribution in [1.29, 1.82) is 0 Å². The van der Waals surface area contributed by atoms with E-state index in [0.29, 0.717) is 11.3 Å². The van der Waals surface area contributed by atoms with Gasteiger partial charge < -0.3 is 18.8 Å². The molecule has 9 nitrogen and oxygen atoms in total. The molecule has 1 atom stereocenters. The van der Waals surface area contributed by atoms with Crippen LogP contribution in [0.1, 0.15) is 41.8 Å². The largest absolute Gasteiger partial charge is 0.490 e. The Balaban J connectivity index is 1.51. The van der Waals surface area contributed by atoms with Crippen LogP contribution in [-0.4, -0.2) is 49.9 Å². The van der Waals surface area contributed by atoms with Crippen LogP contribution in [0.3, 0.4) is 0 Å². The minimum atomic E-state index is -4.91. The molecule has 1 aromatic carbocycles. The molecule has 0 saturated heterocycles. The molecular formula is C26H22F6N6O3. The number of aryl methyl sites for hydroxylation is 1. The van der Waals surface area contributed by atoms with Crippen molar-refractivity contribution in [3.05, 3.63) is 59.9 Å². The number of hydrogen-bond acceptors (Lipinski definition) is 8. The Bertz CT molecular complexity index is 1550. The first-order chi connectivity index (χ1) is 19.4. The molecule has 1 saturated carbocycles. The second-order valence-electron chi connectivity index (χ2n) is 9.20. The Morgan fingerprint density at radius 3 is 2.17 bits per heavy atom. The van der Waals surface area contributed by atoms with Crippen molar-refractivity contribution in [3.8, 4) is 40.3 Å². The number of imidazole rings is 1. The van der Waals surface area contributed by atoms with Crippen molar-refractivity contribution in [1.82, 2.24) is 29.5 Å². The van der Waals surface area contributed by atoms with Crippen LogP contribution in [0.2, 0.25) is 0 Å². The highest BCUT2D eigenvalue weighted by Gasteiger charge is 2.44. The number of ether oxygens (including phenoxy) is 3. The summed E-state index contributed by atoms with van der Waals surface area (Å²) >= 11 is 0. The Hall–Kier alpha value is -4.43. The van der Waals surface area contributed by atoms with E-state index in [9.17, 15) is 26.3 Å². The number of methoxy groups -OCH3 is 2. The van der Waals surface area contributed by atoms with E-state index in [2.05, 4.69) is 24.9 Å². The van der Waals surface area contributed by atoms with Gasteiger partial charge in [0.1, 0.15) is 17.7 Å². The number of nitrogens with zero attached hydrogens (tertiary/aromatic N) is 6. The molecule has 0 radical (unpaired) electrons. The maximum Gasteiger partial charge on any atom is 0.434 e. The van der Waals surface area contributed by atoms with Crippen LogP contribution in [0.25, 0.3) is 22.8 Å². The first kappa shape index (κ1) is 28.1. The van der Waals surface area contributed by atoms with Gasteiger partial charge in [-0.1, -0.05) is 24.3 Å². The lowest BCUT2D eigenvalue weighted by Crippen LogP contribution is -2.26. The molecule has 1 unspecified atom stereocenters. The molecule has 1 aliphatic rings. The summed E-state index contributed by atoms with van der Waals surface area (Å²) in [5.41, 5.74) is -0.316. The zero-order chi connectivity index (χ0) is 29.5. The third-order valence-electron chi connectivity index (χ3n) is 6.33. The van der Waals surface area contributed by atoms with E-state index in [1.165, 1.54) is 45.9 Å². The maximum absolute atomic E-state index is 14.3. The molecular weight excluding hydrogens is 558 g/mol. The number of aromatic nitrogens is 6. The molecule has 0 N–H and O–H groups in total. The van der Waals surface area contributed by atoms with Gasteiger partial charge in [-0.15, -0.1) is 0 Å². The molecule has 3 heterocycles.